The summed E-state index contributed by atoms with van der Waals surface area (Å²) in [7, 11) is 2.63. The molecule has 0 aliphatic heterocycles. The number of nitro groups is 1. The lowest BCUT2D eigenvalue weighted by Crippen LogP contribution is -2.34. The summed E-state index contributed by atoms with van der Waals surface area (Å²) in [5, 5.41) is 16.6. The minimum atomic E-state index is -0.666. The van der Waals surface area contributed by atoms with Crippen LogP contribution in [0.5, 0.6) is 11.5 Å². The standard InChI is InChI=1S/C25H39N3O12/c1-25(2,3)40-24(31)26-8-10-36-11-12-37-13-14-38-17-22(29)27-18-15-20(34-4)21(16-19(18)28(32)33)39-9-6-7-23(30)35-5/h15-16H,6-14,17H2,1-5H3,(H,26,31)(H,27,29). The maximum Gasteiger partial charge on any atom is 0.407 e. The molecule has 40 heavy (non-hydrogen) atoms. The van der Waals surface area contributed by atoms with E-state index in [4.69, 9.17) is 28.4 Å². The smallest absolute Gasteiger partial charge is 0.407 e. The average molecular weight is 574 g/mol. The quantitative estimate of drug-likeness (QED) is 0.107. The Labute approximate surface area is 232 Å². The maximum atomic E-state index is 12.3. The molecule has 1 rings (SSSR count). The van der Waals surface area contributed by atoms with E-state index >= 15 is 0 Å². The number of ether oxygens (including phenoxy) is 7. The van der Waals surface area contributed by atoms with Gasteiger partial charge in [0.05, 0.1) is 64.9 Å². The van der Waals surface area contributed by atoms with E-state index in [1.54, 1.807) is 20.8 Å². The Morgan fingerprint density at radius 1 is 0.925 bits per heavy atom. The van der Waals surface area contributed by atoms with E-state index in [2.05, 4.69) is 15.4 Å². The fourth-order valence-corrected chi connectivity index (χ4v) is 2.90. The van der Waals surface area contributed by atoms with Crippen molar-refractivity contribution in [2.45, 2.75) is 39.2 Å². The number of rotatable bonds is 19. The molecule has 2 amide bonds. The van der Waals surface area contributed by atoms with Crippen LogP contribution in [0.2, 0.25) is 0 Å². The van der Waals surface area contributed by atoms with Crippen molar-refractivity contribution in [3.05, 3.63) is 22.2 Å². The summed E-state index contributed by atoms with van der Waals surface area (Å²) in [6, 6.07) is 2.41. The van der Waals surface area contributed by atoms with Crippen molar-refractivity contribution in [2.75, 3.05) is 72.3 Å². The number of nitro benzene ring substituents is 1. The van der Waals surface area contributed by atoms with Gasteiger partial charge in [0.2, 0.25) is 0 Å². The summed E-state index contributed by atoms with van der Waals surface area (Å²) >= 11 is 0. The van der Waals surface area contributed by atoms with Crippen LogP contribution in [0.15, 0.2) is 12.1 Å². The predicted octanol–water partition coefficient (Wildman–Crippen LogP) is 2.45. The topological polar surface area (TPSA) is 183 Å². The normalized spacial score (nSPS) is 10.9. The van der Waals surface area contributed by atoms with Crippen molar-refractivity contribution < 1.29 is 52.5 Å². The minimum Gasteiger partial charge on any atom is -0.493 e. The van der Waals surface area contributed by atoms with E-state index < -0.39 is 34.2 Å². The molecule has 1 aromatic rings. The zero-order valence-electron chi connectivity index (χ0n) is 23.6. The predicted molar refractivity (Wildman–Crippen MR) is 142 cm³/mol. The highest BCUT2D eigenvalue weighted by Gasteiger charge is 2.22. The van der Waals surface area contributed by atoms with Gasteiger partial charge in [-0.05, 0) is 27.2 Å². The van der Waals surface area contributed by atoms with Crippen molar-refractivity contribution in [2.24, 2.45) is 0 Å². The number of benzene rings is 1. The number of methoxy groups -OCH3 is 2. The van der Waals surface area contributed by atoms with Crippen LogP contribution in [0.3, 0.4) is 0 Å². The van der Waals surface area contributed by atoms with E-state index in [1.807, 2.05) is 0 Å². The van der Waals surface area contributed by atoms with Crippen LogP contribution in [-0.2, 0) is 33.3 Å². The van der Waals surface area contributed by atoms with E-state index in [1.165, 1.54) is 20.3 Å². The summed E-state index contributed by atoms with van der Waals surface area (Å²) in [5.41, 5.74) is -1.06. The number of hydrogen-bond acceptors (Lipinski definition) is 12. The van der Waals surface area contributed by atoms with Gasteiger partial charge in [0.25, 0.3) is 11.6 Å². The summed E-state index contributed by atoms with van der Waals surface area (Å²) in [5.74, 6) is -0.758. The van der Waals surface area contributed by atoms with Gasteiger partial charge in [0.1, 0.15) is 17.9 Å². The van der Waals surface area contributed by atoms with Crippen LogP contribution < -0.4 is 20.1 Å². The highest BCUT2D eigenvalue weighted by molar-refractivity contribution is 5.94. The van der Waals surface area contributed by atoms with Crippen LogP contribution in [0.25, 0.3) is 0 Å². The molecule has 0 heterocycles. The number of esters is 1. The van der Waals surface area contributed by atoms with Crippen LogP contribution in [-0.4, -0.2) is 95.5 Å². The van der Waals surface area contributed by atoms with Gasteiger partial charge < -0.3 is 43.8 Å². The molecule has 15 nitrogen and oxygen atoms in total. The molecule has 0 spiro atoms. The SMILES string of the molecule is COC(=O)CCCOc1cc([N+](=O)[O-])c(NC(=O)COCCOCCOCCNC(=O)OC(C)(C)C)cc1OC. The van der Waals surface area contributed by atoms with Gasteiger partial charge in [-0.15, -0.1) is 0 Å². The van der Waals surface area contributed by atoms with Crippen molar-refractivity contribution in [1.29, 1.82) is 0 Å². The molecule has 0 unspecified atom stereocenters. The number of amides is 2. The van der Waals surface area contributed by atoms with Gasteiger partial charge in [0, 0.05) is 19.0 Å². The van der Waals surface area contributed by atoms with Gasteiger partial charge in [-0.25, -0.2) is 4.79 Å². The number of carbonyl (C=O) groups is 3. The maximum absolute atomic E-state index is 12.3. The van der Waals surface area contributed by atoms with Crippen molar-refractivity contribution in [3.8, 4) is 11.5 Å². The lowest BCUT2D eigenvalue weighted by atomic mass is 10.2. The van der Waals surface area contributed by atoms with Gasteiger partial charge in [-0.3, -0.25) is 19.7 Å². The van der Waals surface area contributed by atoms with E-state index in [-0.39, 0.29) is 56.6 Å². The number of anilines is 1. The second kappa shape index (κ2) is 18.6. The average Bonchev–Trinajstić information content (AvgIpc) is 2.88. The van der Waals surface area contributed by atoms with Crippen molar-refractivity contribution in [3.63, 3.8) is 0 Å². The largest absolute Gasteiger partial charge is 0.493 e. The van der Waals surface area contributed by atoms with Crippen molar-refractivity contribution in [1.82, 2.24) is 5.32 Å². The zero-order valence-corrected chi connectivity index (χ0v) is 23.6. The fraction of sp³-hybridized carbons (Fsp3) is 0.640. The molecule has 0 saturated heterocycles. The van der Waals surface area contributed by atoms with Crippen LogP contribution in [0.1, 0.15) is 33.6 Å². The molecular formula is C25H39N3O12. The molecule has 15 heteroatoms. The molecule has 226 valence electrons. The lowest BCUT2D eigenvalue weighted by molar-refractivity contribution is -0.384. The second-order valence-electron chi connectivity index (χ2n) is 9.06. The number of alkyl carbamates (subject to hydrolysis) is 1. The molecule has 0 saturated carbocycles. The van der Waals surface area contributed by atoms with Crippen molar-refractivity contribution >= 4 is 29.3 Å². The monoisotopic (exact) mass is 573 g/mol. The molecular weight excluding hydrogens is 534 g/mol. The third-order valence-corrected chi connectivity index (χ3v) is 4.66. The highest BCUT2D eigenvalue weighted by atomic mass is 16.6. The second-order valence-corrected chi connectivity index (χ2v) is 9.06. The first-order chi connectivity index (χ1) is 19.0. The van der Waals surface area contributed by atoms with E-state index in [0.29, 0.717) is 26.2 Å². The summed E-state index contributed by atoms with van der Waals surface area (Å²) in [4.78, 5) is 45.8. The summed E-state index contributed by atoms with van der Waals surface area (Å²) in [6.45, 7) is 6.53. The zero-order chi connectivity index (χ0) is 30.0. The van der Waals surface area contributed by atoms with E-state index in [0.717, 1.165) is 6.07 Å². The Morgan fingerprint density at radius 2 is 1.57 bits per heavy atom. The summed E-state index contributed by atoms with van der Waals surface area (Å²) < 4.78 is 36.3. The molecule has 1 aromatic carbocycles. The van der Waals surface area contributed by atoms with Gasteiger partial charge in [0.15, 0.2) is 11.5 Å². The molecule has 0 aliphatic carbocycles. The number of carbonyl (C=O) groups excluding carboxylic acids is 3. The van der Waals surface area contributed by atoms with Gasteiger partial charge >= 0.3 is 12.1 Å². The minimum absolute atomic E-state index is 0.0908. The first-order valence-electron chi connectivity index (χ1n) is 12.5. The van der Waals surface area contributed by atoms with E-state index in [9.17, 15) is 24.5 Å². The fourth-order valence-electron chi connectivity index (χ4n) is 2.90. The molecule has 0 aliphatic rings. The molecule has 0 radical (unpaired) electrons. The Hall–Kier alpha value is -3.69. The molecule has 2 N–H and O–H groups in total. The Balaban J connectivity index is 2.33. The molecule has 0 aromatic heterocycles. The Kier molecular flexibility index (Phi) is 15.9. The van der Waals surface area contributed by atoms with Gasteiger partial charge in [-0.1, -0.05) is 0 Å². The van der Waals surface area contributed by atoms with Crippen LogP contribution in [0.4, 0.5) is 16.2 Å². The molecule has 0 atom stereocenters. The third kappa shape index (κ3) is 15.0. The van der Waals surface area contributed by atoms with Gasteiger partial charge in [-0.2, -0.15) is 0 Å². The molecule has 0 bridgehead atoms. The first-order valence-corrected chi connectivity index (χ1v) is 12.5. The lowest BCUT2D eigenvalue weighted by Gasteiger charge is -2.19. The summed E-state index contributed by atoms with van der Waals surface area (Å²) in [6.07, 6.45) is -0.0515. The molecule has 0 fully saturated rings. The van der Waals surface area contributed by atoms with Crippen LogP contribution >= 0.6 is 0 Å². The number of hydrogen-bond donors (Lipinski definition) is 2. The third-order valence-electron chi connectivity index (χ3n) is 4.66. The Bertz CT molecular complexity index is 965. The Morgan fingerprint density at radius 3 is 2.17 bits per heavy atom. The first kappa shape index (κ1) is 34.3. The van der Waals surface area contributed by atoms with Crippen LogP contribution in [0, 0.1) is 10.1 Å². The number of nitrogens with zero attached hydrogens (tertiary/aromatic N) is 1. The number of nitrogens with one attached hydrogen (secondary N) is 2. The highest BCUT2D eigenvalue weighted by Crippen LogP contribution is 2.38.